The van der Waals surface area contributed by atoms with Crippen LogP contribution >= 0.6 is 11.3 Å². The van der Waals surface area contributed by atoms with Gasteiger partial charge in [0.15, 0.2) is 0 Å². The lowest BCUT2D eigenvalue weighted by Crippen LogP contribution is -2.29. The normalized spacial score (nSPS) is 10.7. The quantitative estimate of drug-likeness (QED) is 0.653. The second-order valence-corrected chi connectivity index (χ2v) is 7.19. The number of amides is 1. The molecule has 27 heavy (non-hydrogen) atoms. The van der Waals surface area contributed by atoms with Crippen LogP contribution in [-0.2, 0) is 4.79 Å². The molecule has 1 heterocycles. The fraction of sp³-hybridized carbons (Fsp3) is 0.182. The topological polar surface area (TPSA) is 56.1 Å². The predicted molar refractivity (Wildman–Crippen MR) is 110 cm³/mol. The summed E-state index contributed by atoms with van der Waals surface area (Å²) in [5.41, 5.74) is 2.89. The molecule has 3 rings (SSSR count). The first-order chi connectivity index (χ1) is 13.2. The molecule has 0 spiro atoms. The predicted octanol–water partition coefficient (Wildman–Crippen LogP) is 4.67. The molecule has 1 amide bonds. The molecule has 1 aromatic heterocycles. The fourth-order valence-electron chi connectivity index (χ4n) is 3.06. The molecular formula is C22H21N3OS. The van der Waals surface area contributed by atoms with Crippen LogP contribution in [0.1, 0.15) is 29.2 Å². The van der Waals surface area contributed by atoms with Gasteiger partial charge >= 0.3 is 0 Å². The van der Waals surface area contributed by atoms with Gasteiger partial charge in [0.2, 0.25) is 5.91 Å². The Morgan fingerprint density at radius 1 is 1.07 bits per heavy atom. The minimum Gasteiger partial charge on any atom is -0.317 e. The van der Waals surface area contributed by atoms with Crippen molar-refractivity contribution in [2.45, 2.75) is 12.5 Å². The number of nitrogens with one attached hydrogen (secondary N) is 1. The van der Waals surface area contributed by atoms with Gasteiger partial charge in [-0.2, -0.15) is 5.26 Å². The molecule has 0 bridgehead atoms. The molecule has 1 N–H and O–H groups in total. The molecule has 0 aliphatic carbocycles. The highest BCUT2D eigenvalue weighted by Gasteiger charge is 2.20. The van der Waals surface area contributed by atoms with E-state index in [1.165, 1.54) is 22.5 Å². The minimum absolute atomic E-state index is 0.0802. The molecule has 0 saturated carbocycles. The van der Waals surface area contributed by atoms with E-state index < -0.39 is 0 Å². The van der Waals surface area contributed by atoms with Gasteiger partial charge in [-0.1, -0.05) is 60.7 Å². The maximum Gasteiger partial charge on any atom is 0.226 e. The highest BCUT2D eigenvalue weighted by Crippen LogP contribution is 2.28. The summed E-state index contributed by atoms with van der Waals surface area (Å²) in [6.45, 7) is 0.605. The Balaban J connectivity index is 1.69. The number of benzene rings is 2. The van der Waals surface area contributed by atoms with Crippen LogP contribution in [0.2, 0.25) is 0 Å². The van der Waals surface area contributed by atoms with Crippen molar-refractivity contribution in [3.63, 3.8) is 0 Å². The van der Waals surface area contributed by atoms with Crippen LogP contribution in [0.4, 0.5) is 5.00 Å². The Kier molecular flexibility index (Phi) is 6.37. The van der Waals surface area contributed by atoms with E-state index in [0.29, 0.717) is 23.5 Å². The summed E-state index contributed by atoms with van der Waals surface area (Å²) >= 11 is 1.37. The molecule has 2 aromatic carbocycles. The summed E-state index contributed by atoms with van der Waals surface area (Å²) in [5, 5.41) is 14.3. The van der Waals surface area contributed by atoms with E-state index in [1.54, 1.807) is 11.4 Å². The molecule has 0 saturated heterocycles. The Labute approximate surface area is 163 Å². The van der Waals surface area contributed by atoms with Crippen LogP contribution in [0.3, 0.4) is 0 Å². The van der Waals surface area contributed by atoms with Gasteiger partial charge in [-0.3, -0.25) is 9.69 Å². The lowest BCUT2D eigenvalue weighted by molar-refractivity contribution is -0.116. The Bertz CT molecular complexity index is 876. The number of nitriles is 1. The average Bonchev–Trinajstić information content (AvgIpc) is 3.15. The van der Waals surface area contributed by atoms with Crippen molar-refractivity contribution < 1.29 is 4.79 Å². The number of carbonyl (C=O) groups excluding carboxylic acids is 1. The molecular weight excluding hydrogens is 354 g/mol. The molecule has 5 heteroatoms. The number of hydrogen-bond donors (Lipinski definition) is 1. The summed E-state index contributed by atoms with van der Waals surface area (Å²) in [4.78, 5) is 14.5. The van der Waals surface area contributed by atoms with E-state index >= 15 is 0 Å². The molecule has 136 valence electrons. The van der Waals surface area contributed by atoms with Crippen molar-refractivity contribution in [3.05, 3.63) is 88.8 Å². The van der Waals surface area contributed by atoms with E-state index in [9.17, 15) is 4.79 Å². The standard InChI is InChI=1S/C22H21N3OS/c1-25(14-12-20(26)24-22-19(16-23)13-15-27-22)21(17-8-4-2-5-9-17)18-10-6-3-7-11-18/h2-11,13,15,21H,12,14H2,1H3,(H,24,26). The van der Waals surface area contributed by atoms with Gasteiger partial charge in [-0.05, 0) is 29.6 Å². The second-order valence-electron chi connectivity index (χ2n) is 6.28. The zero-order chi connectivity index (χ0) is 19.1. The maximum atomic E-state index is 12.3. The smallest absolute Gasteiger partial charge is 0.226 e. The van der Waals surface area contributed by atoms with Gasteiger partial charge in [0.05, 0.1) is 11.6 Å². The summed E-state index contributed by atoms with van der Waals surface area (Å²) in [7, 11) is 2.03. The Morgan fingerprint density at radius 2 is 1.67 bits per heavy atom. The third-order valence-corrected chi connectivity index (χ3v) is 5.23. The number of nitrogens with zero attached hydrogens (tertiary/aromatic N) is 2. The van der Waals surface area contributed by atoms with Gasteiger partial charge in [-0.15, -0.1) is 11.3 Å². The average molecular weight is 375 g/mol. The number of carbonyl (C=O) groups is 1. The van der Waals surface area contributed by atoms with Crippen molar-refractivity contribution in [2.24, 2.45) is 0 Å². The highest BCUT2D eigenvalue weighted by molar-refractivity contribution is 7.14. The van der Waals surface area contributed by atoms with Crippen molar-refractivity contribution in [1.82, 2.24) is 4.90 Å². The van der Waals surface area contributed by atoms with E-state index in [2.05, 4.69) is 40.6 Å². The monoisotopic (exact) mass is 375 g/mol. The highest BCUT2D eigenvalue weighted by atomic mass is 32.1. The molecule has 0 aliphatic rings. The summed E-state index contributed by atoms with van der Waals surface area (Å²) in [6.07, 6.45) is 0.357. The van der Waals surface area contributed by atoms with Crippen molar-refractivity contribution in [3.8, 4) is 6.07 Å². The van der Waals surface area contributed by atoms with Gasteiger partial charge in [0, 0.05) is 13.0 Å². The van der Waals surface area contributed by atoms with Crippen LogP contribution in [0, 0.1) is 11.3 Å². The first kappa shape index (κ1) is 18.8. The summed E-state index contributed by atoms with van der Waals surface area (Å²) < 4.78 is 0. The van der Waals surface area contributed by atoms with Crippen LogP contribution < -0.4 is 5.32 Å². The number of rotatable bonds is 7. The first-order valence-electron chi connectivity index (χ1n) is 8.76. The van der Waals surface area contributed by atoms with Crippen LogP contribution in [0.15, 0.2) is 72.1 Å². The SMILES string of the molecule is CN(CCC(=O)Nc1sccc1C#N)C(c1ccccc1)c1ccccc1. The molecule has 0 radical (unpaired) electrons. The third-order valence-electron chi connectivity index (χ3n) is 4.40. The van der Waals surface area contributed by atoms with Crippen molar-refractivity contribution in [1.29, 1.82) is 5.26 Å². The largest absolute Gasteiger partial charge is 0.317 e. The maximum absolute atomic E-state index is 12.3. The van der Waals surface area contributed by atoms with E-state index in [1.807, 2.05) is 43.4 Å². The molecule has 3 aromatic rings. The van der Waals surface area contributed by atoms with Crippen LogP contribution in [-0.4, -0.2) is 24.4 Å². The van der Waals surface area contributed by atoms with E-state index in [-0.39, 0.29) is 11.9 Å². The second kappa shape index (κ2) is 9.13. The van der Waals surface area contributed by atoms with Crippen molar-refractivity contribution in [2.75, 3.05) is 18.9 Å². The van der Waals surface area contributed by atoms with Gasteiger partial charge in [0.25, 0.3) is 0 Å². The molecule has 0 fully saturated rings. The van der Waals surface area contributed by atoms with Gasteiger partial charge < -0.3 is 5.32 Å². The lowest BCUT2D eigenvalue weighted by Gasteiger charge is -2.29. The third kappa shape index (κ3) is 4.82. The molecule has 0 aliphatic heterocycles. The fourth-order valence-corrected chi connectivity index (χ4v) is 3.82. The zero-order valence-corrected chi connectivity index (χ0v) is 15.9. The molecule has 4 nitrogen and oxygen atoms in total. The zero-order valence-electron chi connectivity index (χ0n) is 15.1. The van der Waals surface area contributed by atoms with Crippen LogP contribution in [0.25, 0.3) is 0 Å². The lowest BCUT2D eigenvalue weighted by atomic mass is 9.97. The van der Waals surface area contributed by atoms with E-state index in [0.717, 1.165) is 0 Å². The Morgan fingerprint density at radius 3 is 2.22 bits per heavy atom. The van der Waals surface area contributed by atoms with E-state index in [4.69, 9.17) is 5.26 Å². The molecule has 0 unspecified atom stereocenters. The number of anilines is 1. The minimum atomic E-state index is -0.0827. The summed E-state index contributed by atoms with van der Waals surface area (Å²) in [5.74, 6) is -0.0827. The summed E-state index contributed by atoms with van der Waals surface area (Å²) in [6, 6.07) is 24.5. The number of thiophene rings is 1. The van der Waals surface area contributed by atoms with Gasteiger partial charge in [0.1, 0.15) is 11.1 Å². The van der Waals surface area contributed by atoms with Gasteiger partial charge in [-0.25, -0.2) is 0 Å². The Hall–Kier alpha value is -2.94. The first-order valence-corrected chi connectivity index (χ1v) is 9.64. The van der Waals surface area contributed by atoms with Crippen LogP contribution in [0.5, 0.6) is 0 Å². The van der Waals surface area contributed by atoms with Crippen molar-refractivity contribution >= 4 is 22.2 Å². The number of hydrogen-bond acceptors (Lipinski definition) is 4. The molecule has 0 atom stereocenters.